The van der Waals surface area contributed by atoms with Crippen molar-refractivity contribution in [3.05, 3.63) is 47.5 Å². The van der Waals surface area contributed by atoms with Gasteiger partial charge in [0.25, 0.3) is 0 Å². The Labute approximate surface area is 106 Å². The van der Waals surface area contributed by atoms with Crippen LogP contribution < -0.4 is 0 Å². The highest BCUT2D eigenvalue weighted by atomic mass is 19.4. The van der Waals surface area contributed by atoms with Crippen LogP contribution in [0.3, 0.4) is 0 Å². The van der Waals surface area contributed by atoms with Gasteiger partial charge < -0.3 is 5.11 Å². The smallest absolute Gasteiger partial charge is 0.379 e. The van der Waals surface area contributed by atoms with Crippen molar-refractivity contribution in [2.24, 2.45) is 0 Å². The third-order valence-electron chi connectivity index (χ3n) is 2.56. The summed E-state index contributed by atoms with van der Waals surface area (Å²) in [6.45, 7) is 1.67. The molecule has 0 aliphatic heterocycles. The van der Waals surface area contributed by atoms with Gasteiger partial charge in [-0.05, 0) is 31.2 Å². The van der Waals surface area contributed by atoms with Gasteiger partial charge in [0.05, 0.1) is 11.4 Å². The molecule has 0 amide bonds. The summed E-state index contributed by atoms with van der Waals surface area (Å²) in [6.07, 6.45) is -6.19. The van der Waals surface area contributed by atoms with E-state index in [-0.39, 0.29) is 5.69 Å². The predicted molar refractivity (Wildman–Crippen MR) is 59.3 cm³/mol. The SMILES string of the molecule is Cc1ccn(-c2ccc(F)cc2[C@@H](O)C(F)(F)F)n1. The topological polar surface area (TPSA) is 38.0 Å². The molecule has 1 aromatic carbocycles. The summed E-state index contributed by atoms with van der Waals surface area (Å²) in [5, 5.41) is 13.2. The fourth-order valence-corrected chi connectivity index (χ4v) is 1.68. The summed E-state index contributed by atoms with van der Waals surface area (Å²) in [6, 6.07) is 4.41. The molecule has 1 atom stereocenters. The van der Waals surface area contributed by atoms with E-state index in [1.54, 1.807) is 13.0 Å². The molecule has 1 heterocycles. The van der Waals surface area contributed by atoms with E-state index >= 15 is 0 Å². The van der Waals surface area contributed by atoms with E-state index in [9.17, 15) is 22.7 Å². The summed E-state index contributed by atoms with van der Waals surface area (Å²) >= 11 is 0. The highest BCUT2D eigenvalue weighted by Gasteiger charge is 2.41. The highest BCUT2D eigenvalue weighted by molar-refractivity contribution is 5.42. The van der Waals surface area contributed by atoms with E-state index in [1.807, 2.05) is 0 Å². The average molecular weight is 274 g/mol. The van der Waals surface area contributed by atoms with Gasteiger partial charge in [0.1, 0.15) is 5.82 Å². The summed E-state index contributed by atoms with van der Waals surface area (Å²) in [5.41, 5.74) is 0.00620. The summed E-state index contributed by atoms with van der Waals surface area (Å²) in [5.74, 6) is -0.856. The number of alkyl halides is 3. The number of rotatable bonds is 2. The molecule has 0 saturated heterocycles. The molecule has 0 aliphatic rings. The molecule has 2 aromatic rings. The van der Waals surface area contributed by atoms with Crippen molar-refractivity contribution in [3.63, 3.8) is 0 Å². The van der Waals surface area contributed by atoms with Crippen LogP contribution in [0, 0.1) is 12.7 Å². The number of halogens is 4. The Balaban J connectivity index is 2.56. The first-order chi connectivity index (χ1) is 8.79. The Kier molecular flexibility index (Phi) is 3.32. The molecule has 19 heavy (non-hydrogen) atoms. The quantitative estimate of drug-likeness (QED) is 0.855. The second kappa shape index (κ2) is 4.65. The van der Waals surface area contributed by atoms with Crippen molar-refractivity contribution < 1.29 is 22.7 Å². The molecule has 0 saturated carbocycles. The van der Waals surface area contributed by atoms with Gasteiger partial charge in [-0.25, -0.2) is 9.07 Å². The van der Waals surface area contributed by atoms with Crippen LogP contribution in [0.25, 0.3) is 5.69 Å². The van der Waals surface area contributed by atoms with Gasteiger partial charge in [0.15, 0.2) is 6.10 Å². The van der Waals surface area contributed by atoms with Crippen LogP contribution in [-0.4, -0.2) is 21.1 Å². The van der Waals surface area contributed by atoms with Gasteiger partial charge in [-0.3, -0.25) is 0 Å². The Morgan fingerprint density at radius 1 is 1.26 bits per heavy atom. The zero-order valence-electron chi connectivity index (χ0n) is 9.82. The van der Waals surface area contributed by atoms with E-state index in [1.165, 1.54) is 10.9 Å². The van der Waals surface area contributed by atoms with Crippen LogP contribution in [0.15, 0.2) is 30.5 Å². The molecule has 3 nitrogen and oxygen atoms in total. The number of hydrogen-bond acceptors (Lipinski definition) is 2. The number of aromatic nitrogens is 2. The maximum absolute atomic E-state index is 13.1. The van der Waals surface area contributed by atoms with Crippen LogP contribution in [0.2, 0.25) is 0 Å². The van der Waals surface area contributed by atoms with Gasteiger partial charge in [0, 0.05) is 11.8 Å². The van der Waals surface area contributed by atoms with Crippen molar-refractivity contribution in [2.75, 3.05) is 0 Å². The van der Waals surface area contributed by atoms with Crippen molar-refractivity contribution in [1.29, 1.82) is 0 Å². The molecule has 0 fully saturated rings. The normalized spacial score (nSPS) is 13.6. The Morgan fingerprint density at radius 2 is 1.95 bits per heavy atom. The Morgan fingerprint density at radius 3 is 2.47 bits per heavy atom. The minimum absolute atomic E-state index is 0.0145. The minimum atomic E-state index is -4.87. The predicted octanol–water partition coefficient (Wildman–Crippen LogP) is 2.92. The van der Waals surface area contributed by atoms with E-state index in [4.69, 9.17) is 0 Å². The molecule has 1 N–H and O–H groups in total. The number of aliphatic hydroxyl groups is 1. The lowest BCUT2D eigenvalue weighted by Crippen LogP contribution is -2.22. The second-order valence-corrected chi connectivity index (χ2v) is 4.05. The third-order valence-corrected chi connectivity index (χ3v) is 2.56. The largest absolute Gasteiger partial charge is 0.418 e. The van der Waals surface area contributed by atoms with Crippen LogP contribution in [0.1, 0.15) is 17.4 Å². The Hall–Kier alpha value is -1.89. The molecule has 0 bridgehead atoms. The van der Waals surface area contributed by atoms with Gasteiger partial charge in [-0.15, -0.1) is 0 Å². The minimum Gasteiger partial charge on any atom is -0.379 e. The molecular formula is C12H10F4N2O. The third kappa shape index (κ3) is 2.76. The van der Waals surface area contributed by atoms with Crippen molar-refractivity contribution in [2.45, 2.75) is 19.2 Å². The number of aliphatic hydroxyl groups excluding tert-OH is 1. The lowest BCUT2D eigenvalue weighted by atomic mass is 10.1. The maximum atomic E-state index is 13.1. The summed E-state index contributed by atoms with van der Waals surface area (Å²) in [7, 11) is 0. The van der Waals surface area contributed by atoms with Crippen LogP contribution in [-0.2, 0) is 0 Å². The lowest BCUT2D eigenvalue weighted by molar-refractivity contribution is -0.206. The molecule has 0 aliphatic carbocycles. The van der Waals surface area contributed by atoms with E-state index in [0.29, 0.717) is 11.8 Å². The maximum Gasteiger partial charge on any atom is 0.418 e. The zero-order valence-corrected chi connectivity index (χ0v) is 9.82. The molecule has 2 rings (SSSR count). The fourth-order valence-electron chi connectivity index (χ4n) is 1.68. The van der Waals surface area contributed by atoms with Crippen molar-refractivity contribution in [3.8, 4) is 5.69 Å². The van der Waals surface area contributed by atoms with Crippen LogP contribution in [0.5, 0.6) is 0 Å². The van der Waals surface area contributed by atoms with Gasteiger partial charge in [-0.2, -0.15) is 18.3 Å². The van der Waals surface area contributed by atoms with Crippen molar-refractivity contribution >= 4 is 0 Å². The van der Waals surface area contributed by atoms with Crippen molar-refractivity contribution in [1.82, 2.24) is 9.78 Å². The number of hydrogen-bond donors (Lipinski definition) is 1. The standard InChI is InChI=1S/C12H10F4N2O/c1-7-4-5-18(17-7)10-3-2-8(13)6-9(10)11(19)12(14,15)16/h2-6,11,19H,1H3/t11-/m1/s1. The van der Waals surface area contributed by atoms with E-state index < -0.39 is 23.7 Å². The first kappa shape index (κ1) is 13.5. The molecule has 0 unspecified atom stereocenters. The lowest BCUT2D eigenvalue weighted by Gasteiger charge is -2.18. The summed E-state index contributed by atoms with van der Waals surface area (Å²) in [4.78, 5) is 0. The van der Waals surface area contributed by atoms with E-state index in [2.05, 4.69) is 5.10 Å². The summed E-state index contributed by atoms with van der Waals surface area (Å²) < 4.78 is 52.0. The molecule has 7 heteroatoms. The monoisotopic (exact) mass is 274 g/mol. The van der Waals surface area contributed by atoms with Gasteiger partial charge in [0.2, 0.25) is 0 Å². The second-order valence-electron chi connectivity index (χ2n) is 4.05. The number of benzene rings is 1. The van der Waals surface area contributed by atoms with Gasteiger partial charge >= 0.3 is 6.18 Å². The molecule has 0 spiro atoms. The first-order valence-electron chi connectivity index (χ1n) is 5.36. The van der Waals surface area contributed by atoms with Gasteiger partial charge in [-0.1, -0.05) is 0 Å². The molecule has 1 aromatic heterocycles. The molecule has 0 radical (unpaired) electrons. The van der Waals surface area contributed by atoms with Crippen LogP contribution >= 0.6 is 0 Å². The number of aryl methyl sites for hydroxylation is 1. The number of nitrogens with zero attached hydrogens (tertiary/aromatic N) is 2. The van der Waals surface area contributed by atoms with E-state index in [0.717, 1.165) is 12.1 Å². The average Bonchev–Trinajstić information content (AvgIpc) is 2.73. The molecular weight excluding hydrogens is 264 g/mol. The zero-order chi connectivity index (χ0) is 14.2. The van der Waals surface area contributed by atoms with Crippen LogP contribution in [0.4, 0.5) is 17.6 Å². The fraction of sp³-hybridized carbons (Fsp3) is 0.250. The highest BCUT2D eigenvalue weighted by Crippen LogP contribution is 2.35. The Bertz CT molecular complexity index is 592. The first-order valence-corrected chi connectivity index (χ1v) is 5.36. The molecule has 102 valence electrons.